The van der Waals surface area contributed by atoms with Crippen LogP contribution in [0.4, 0.5) is 10.1 Å². The zero-order valence-electron chi connectivity index (χ0n) is 10.9. The fourth-order valence-corrected chi connectivity index (χ4v) is 4.15. The van der Waals surface area contributed by atoms with Crippen LogP contribution in [0.15, 0.2) is 21.5 Å². The van der Waals surface area contributed by atoms with E-state index in [1.54, 1.807) is 6.92 Å². The van der Waals surface area contributed by atoms with Gasteiger partial charge in [-0.05, 0) is 40.4 Å². The van der Waals surface area contributed by atoms with E-state index >= 15 is 0 Å². The number of aliphatic hydroxyl groups excluding tert-OH is 1. The minimum absolute atomic E-state index is 0.162. The summed E-state index contributed by atoms with van der Waals surface area (Å²) >= 11 is 3.05. The van der Waals surface area contributed by atoms with Crippen molar-refractivity contribution in [1.29, 1.82) is 0 Å². The van der Waals surface area contributed by atoms with Gasteiger partial charge in [0.2, 0.25) is 10.0 Å². The summed E-state index contributed by atoms with van der Waals surface area (Å²) < 4.78 is 40.3. The number of halogens is 2. The van der Waals surface area contributed by atoms with Crippen LogP contribution in [0, 0.1) is 11.7 Å². The molecule has 0 aliphatic carbocycles. The Morgan fingerprint density at radius 1 is 1.50 bits per heavy atom. The molecule has 0 saturated carbocycles. The Morgan fingerprint density at radius 2 is 2.15 bits per heavy atom. The van der Waals surface area contributed by atoms with E-state index in [0.29, 0.717) is 10.9 Å². The number of hydrogen-bond acceptors (Lipinski definition) is 4. The van der Waals surface area contributed by atoms with Crippen LogP contribution >= 0.6 is 15.9 Å². The van der Waals surface area contributed by atoms with Gasteiger partial charge in [0.05, 0.1) is 6.10 Å². The monoisotopic (exact) mass is 366 g/mol. The maximum atomic E-state index is 13.9. The SMILES string of the molecule is CC1CN(S(=O)(=O)c2cc(N)c(Br)cc2F)CCC1O. The molecule has 20 heavy (non-hydrogen) atoms. The number of nitrogen functional groups attached to an aromatic ring is 1. The molecule has 1 aliphatic rings. The summed E-state index contributed by atoms with van der Waals surface area (Å²) in [5.41, 5.74) is 5.79. The first-order valence-corrected chi connectivity index (χ1v) is 8.39. The van der Waals surface area contributed by atoms with Crippen LogP contribution in [0.5, 0.6) is 0 Å². The van der Waals surface area contributed by atoms with Gasteiger partial charge < -0.3 is 10.8 Å². The maximum absolute atomic E-state index is 13.9. The second kappa shape index (κ2) is 5.59. The van der Waals surface area contributed by atoms with Gasteiger partial charge in [0.1, 0.15) is 10.7 Å². The number of nitrogens with zero attached hydrogens (tertiary/aromatic N) is 1. The van der Waals surface area contributed by atoms with Crippen molar-refractivity contribution in [1.82, 2.24) is 4.31 Å². The van der Waals surface area contributed by atoms with Crippen LogP contribution in [-0.4, -0.2) is 37.0 Å². The fourth-order valence-electron chi connectivity index (χ4n) is 2.19. The number of aliphatic hydroxyl groups is 1. The minimum Gasteiger partial charge on any atom is -0.398 e. The molecule has 0 radical (unpaired) electrons. The molecule has 3 N–H and O–H groups in total. The number of rotatable bonds is 2. The van der Waals surface area contributed by atoms with Crippen molar-refractivity contribution >= 4 is 31.6 Å². The number of piperidine rings is 1. The Labute approximate surface area is 125 Å². The second-order valence-corrected chi connectivity index (χ2v) is 7.76. The third-order valence-corrected chi connectivity index (χ3v) is 6.06. The fraction of sp³-hybridized carbons (Fsp3) is 0.500. The van der Waals surface area contributed by atoms with E-state index in [0.717, 1.165) is 12.1 Å². The molecular formula is C12H16BrFN2O3S. The first-order chi connectivity index (χ1) is 9.23. The zero-order chi connectivity index (χ0) is 15.1. The van der Waals surface area contributed by atoms with E-state index in [2.05, 4.69) is 15.9 Å². The van der Waals surface area contributed by atoms with Gasteiger partial charge in [0, 0.05) is 23.2 Å². The summed E-state index contributed by atoms with van der Waals surface area (Å²) in [6.07, 6.45) is -0.185. The lowest BCUT2D eigenvalue weighted by molar-refractivity contribution is 0.0628. The molecule has 5 nitrogen and oxygen atoms in total. The van der Waals surface area contributed by atoms with Gasteiger partial charge in [-0.2, -0.15) is 4.31 Å². The molecule has 1 saturated heterocycles. The van der Waals surface area contributed by atoms with E-state index in [9.17, 15) is 17.9 Å². The molecule has 0 amide bonds. The molecule has 112 valence electrons. The van der Waals surface area contributed by atoms with Gasteiger partial charge in [-0.15, -0.1) is 0 Å². The van der Waals surface area contributed by atoms with E-state index < -0.39 is 26.8 Å². The van der Waals surface area contributed by atoms with Crippen LogP contribution in [0.3, 0.4) is 0 Å². The van der Waals surface area contributed by atoms with Crippen LogP contribution in [0.25, 0.3) is 0 Å². The number of nitrogens with two attached hydrogens (primary N) is 1. The summed E-state index contributed by atoms with van der Waals surface area (Å²) in [4.78, 5) is -0.429. The molecule has 2 rings (SSSR count). The molecule has 1 aliphatic heterocycles. The lowest BCUT2D eigenvalue weighted by Crippen LogP contribution is -2.45. The van der Waals surface area contributed by atoms with Crippen LogP contribution < -0.4 is 5.73 Å². The van der Waals surface area contributed by atoms with Crippen molar-refractivity contribution in [3.05, 3.63) is 22.4 Å². The normalized spacial score (nSPS) is 24.8. The Hall–Kier alpha value is -0.700. The predicted molar refractivity (Wildman–Crippen MR) is 77.1 cm³/mol. The van der Waals surface area contributed by atoms with Gasteiger partial charge in [-0.3, -0.25) is 0 Å². The van der Waals surface area contributed by atoms with Crippen LogP contribution in [0.1, 0.15) is 13.3 Å². The van der Waals surface area contributed by atoms with E-state index in [1.165, 1.54) is 4.31 Å². The Balaban J connectivity index is 2.38. The summed E-state index contributed by atoms with van der Waals surface area (Å²) in [6, 6.07) is 2.16. The molecular weight excluding hydrogens is 351 g/mol. The summed E-state index contributed by atoms with van der Waals surface area (Å²) in [7, 11) is -3.94. The lowest BCUT2D eigenvalue weighted by atomic mass is 9.99. The highest BCUT2D eigenvalue weighted by molar-refractivity contribution is 9.10. The predicted octanol–water partition coefficient (Wildman–Crippen LogP) is 1.56. The molecule has 2 unspecified atom stereocenters. The number of sulfonamides is 1. The molecule has 1 fully saturated rings. The van der Waals surface area contributed by atoms with Crippen molar-refractivity contribution < 1.29 is 17.9 Å². The van der Waals surface area contributed by atoms with Crippen LogP contribution in [0.2, 0.25) is 0 Å². The first-order valence-electron chi connectivity index (χ1n) is 6.16. The molecule has 0 spiro atoms. The third-order valence-electron chi connectivity index (χ3n) is 3.49. The standard InChI is InChI=1S/C12H16BrFN2O3S/c1-7-6-16(3-2-11(7)17)20(18,19)12-5-10(15)8(13)4-9(12)14/h4-5,7,11,17H,2-3,6,15H2,1H3. The Morgan fingerprint density at radius 3 is 2.75 bits per heavy atom. The summed E-state index contributed by atoms with van der Waals surface area (Å²) in [5, 5.41) is 9.65. The Bertz CT molecular complexity index is 623. The lowest BCUT2D eigenvalue weighted by Gasteiger charge is -2.33. The molecule has 1 heterocycles. The van der Waals surface area contributed by atoms with Gasteiger partial charge in [-0.1, -0.05) is 6.92 Å². The quantitative estimate of drug-likeness (QED) is 0.778. The topological polar surface area (TPSA) is 83.6 Å². The summed E-state index contributed by atoms with van der Waals surface area (Å²) in [6.45, 7) is 2.10. The van der Waals surface area contributed by atoms with E-state index in [-0.39, 0.29) is 24.7 Å². The van der Waals surface area contributed by atoms with Crippen molar-refractivity contribution in [3.8, 4) is 0 Å². The molecule has 2 atom stereocenters. The maximum Gasteiger partial charge on any atom is 0.246 e. The first kappa shape index (κ1) is 15.7. The number of anilines is 1. The molecule has 1 aromatic carbocycles. The van der Waals surface area contributed by atoms with Gasteiger partial charge in [0.15, 0.2) is 0 Å². The van der Waals surface area contributed by atoms with Crippen molar-refractivity contribution in [2.24, 2.45) is 5.92 Å². The van der Waals surface area contributed by atoms with E-state index in [4.69, 9.17) is 5.73 Å². The highest BCUT2D eigenvalue weighted by atomic mass is 79.9. The molecule has 0 bridgehead atoms. The van der Waals surface area contributed by atoms with Crippen LogP contribution in [-0.2, 0) is 10.0 Å². The largest absolute Gasteiger partial charge is 0.398 e. The molecule has 8 heteroatoms. The average molecular weight is 367 g/mol. The van der Waals surface area contributed by atoms with Gasteiger partial charge >= 0.3 is 0 Å². The van der Waals surface area contributed by atoms with E-state index in [1.807, 2.05) is 0 Å². The second-order valence-electron chi connectivity index (χ2n) is 5.00. The summed E-state index contributed by atoms with van der Waals surface area (Å²) in [5.74, 6) is -1.03. The smallest absolute Gasteiger partial charge is 0.246 e. The Kier molecular flexibility index (Phi) is 4.38. The van der Waals surface area contributed by atoms with Crippen molar-refractivity contribution in [3.63, 3.8) is 0 Å². The molecule has 0 aromatic heterocycles. The highest BCUT2D eigenvalue weighted by Crippen LogP contribution is 2.30. The number of benzene rings is 1. The zero-order valence-corrected chi connectivity index (χ0v) is 13.3. The average Bonchev–Trinajstić information content (AvgIpc) is 2.36. The third kappa shape index (κ3) is 2.83. The van der Waals surface area contributed by atoms with Crippen molar-refractivity contribution in [2.45, 2.75) is 24.3 Å². The molecule has 1 aromatic rings. The number of hydrogen-bond donors (Lipinski definition) is 2. The minimum atomic E-state index is -3.94. The van der Waals surface area contributed by atoms with Gasteiger partial charge in [-0.25, -0.2) is 12.8 Å². The van der Waals surface area contributed by atoms with Gasteiger partial charge in [0.25, 0.3) is 0 Å². The highest BCUT2D eigenvalue weighted by Gasteiger charge is 2.34. The van der Waals surface area contributed by atoms with Crippen molar-refractivity contribution in [2.75, 3.05) is 18.8 Å².